The van der Waals surface area contributed by atoms with Gasteiger partial charge < -0.3 is 9.47 Å². The van der Waals surface area contributed by atoms with E-state index < -0.39 is 0 Å². The molecule has 0 spiro atoms. The van der Waals surface area contributed by atoms with Crippen LogP contribution in [0.5, 0.6) is 0 Å². The average molecular weight is 312 g/mol. The zero-order valence-electron chi connectivity index (χ0n) is 14.1. The van der Waals surface area contributed by atoms with Gasteiger partial charge in [-0.1, -0.05) is 32.6 Å². The van der Waals surface area contributed by atoms with E-state index in [9.17, 15) is 9.59 Å². The van der Waals surface area contributed by atoms with Crippen molar-refractivity contribution in [3.63, 3.8) is 0 Å². The molecule has 1 saturated carbocycles. The van der Waals surface area contributed by atoms with Crippen molar-refractivity contribution < 1.29 is 19.1 Å². The van der Waals surface area contributed by atoms with Gasteiger partial charge in [0.15, 0.2) is 0 Å². The van der Waals surface area contributed by atoms with Gasteiger partial charge in [0.2, 0.25) is 0 Å². The third kappa shape index (κ3) is 9.80. The van der Waals surface area contributed by atoms with Gasteiger partial charge in [0.05, 0.1) is 6.61 Å². The zero-order chi connectivity index (χ0) is 16.0. The van der Waals surface area contributed by atoms with E-state index in [1.807, 2.05) is 0 Å². The zero-order valence-corrected chi connectivity index (χ0v) is 14.1. The molecule has 128 valence electrons. The van der Waals surface area contributed by atoms with Crippen LogP contribution in [-0.2, 0) is 19.1 Å². The summed E-state index contributed by atoms with van der Waals surface area (Å²) in [5.41, 5.74) is 0. The van der Waals surface area contributed by atoms with E-state index in [0.29, 0.717) is 32.3 Å². The second kappa shape index (κ2) is 12.5. The molecule has 0 aromatic carbocycles. The first kappa shape index (κ1) is 19.0. The lowest BCUT2D eigenvalue weighted by Gasteiger charge is -2.15. The van der Waals surface area contributed by atoms with Gasteiger partial charge in [0.1, 0.15) is 6.10 Å². The predicted molar refractivity (Wildman–Crippen MR) is 86.5 cm³/mol. The summed E-state index contributed by atoms with van der Waals surface area (Å²) in [6.07, 6.45) is 12.4. The molecule has 0 aliphatic heterocycles. The molecule has 0 radical (unpaired) electrons. The lowest BCUT2D eigenvalue weighted by Crippen LogP contribution is -2.17. The average Bonchev–Trinajstić information content (AvgIpc) is 2.77. The molecule has 0 bridgehead atoms. The molecule has 4 nitrogen and oxygen atoms in total. The molecule has 4 heteroatoms. The summed E-state index contributed by atoms with van der Waals surface area (Å²) in [7, 11) is 0. The Labute approximate surface area is 134 Å². The van der Waals surface area contributed by atoms with E-state index in [2.05, 4.69) is 6.92 Å². The Bertz CT molecular complexity index is 306. The minimum atomic E-state index is -0.145. The first-order chi connectivity index (χ1) is 10.7. The molecule has 0 saturated heterocycles. The first-order valence-corrected chi connectivity index (χ1v) is 9.07. The number of ether oxygens (including phenoxy) is 2. The third-order valence-corrected chi connectivity index (χ3v) is 4.12. The van der Waals surface area contributed by atoms with Crippen LogP contribution in [-0.4, -0.2) is 24.6 Å². The Hall–Kier alpha value is -1.06. The molecular formula is C18H32O4. The standard InChI is InChI=1S/C18H32O4/c1-2-3-10-15-21-17(19)13-8-9-14-18(20)22-16-11-6-4-5-7-12-16/h16H,2-15H2,1H3. The number of carbonyl (C=O) groups excluding carboxylic acids is 2. The predicted octanol–water partition coefficient (Wildman–Crippen LogP) is 4.55. The molecule has 1 fully saturated rings. The Kier molecular flexibility index (Phi) is 10.8. The van der Waals surface area contributed by atoms with Gasteiger partial charge in [-0.05, 0) is 44.9 Å². The quantitative estimate of drug-likeness (QED) is 0.337. The minimum Gasteiger partial charge on any atom is -0.466 e. The van der Waals surface area contributed by atoms with E-state index in [0.717, 1.165) is 32.1 Å². The lowest BCUT2D eigenvalue weighted by molar-refractivity contribution is -0.150. The largest absolute Gasteiger partial charge is 0.466 e. The number of carbonyl (C=O) groups is 2. The SMILES string of the molecule is CCCCCOC(=O)CCCCC(=O)OC1CCCCCC1. The molecule has 0 unspecified atom stereocenters. The summed E-state index contributed by atoms with van der Waals surface area (Å²) in [5, 5.41) is 0. The second-order valence-corrected chi connectivity index (χ2v) is 6.24. The van der Waals surface area contributed by atoms with Crippen molar-refractivity contribution in [1.29, 1.82) is 0 Å². The van der Waals surface area contributed by atoms with Crippen molar-refractivity contribution in [3.8, 4) is 0 Å². The van der Waals surface area contributed by atoms with E-state index in [4.69, 9.17) is 9.47 Å². The summed E-state index contributed by atoms with van der Waals surface area (Å²) in [6.45, 7) is 2.65. The fourth-order valence-electron chi connectivity index (χ4n) is 2.75. The highest BCUT2D eigenvalue weighted by Gasteiger charge is 2.16. The van der Waals surface area contributed by atoms with E-state index in [1.165, 1.54) is 25.7 Å². The normalized spacial score (nSPS) is 16.0. The van der Waals surface area contributed by atoms with Crippen LogP contribution in [0.15, 0.2) is 0 Å². The maximum Gasteiger partial charge on any atom is 0.306 e. The molecule has 0 aromatic heterocycles. The van der Waals surface area contributed by atoms with Crippen LogP contribution in [0.1, 0.15) is 90.4 Å². The van der Waals surface area contributed by atoms with Gasteiger partial charge in [0.25, 0.3) is 0 Å². The molecule has 1 aliphatic rings. The van der Waals surface area contributed by atoms with Gasteiger partial charge in [-0.15, -0.1) is 0 Å². The Morgan fingerprint density at radius 3 is 2.14 bits per heavy atom. The topological polar surface area (TPSA) is 52.6 Å². The molecule has 0 aromatic rings. The minimum absolute atomic E-state index is 0.108. The smallest absolute Gasteiger partial charge is 0.306 e. The van der Waals surface area contributed by atoms with Crippen molar-refractivity contribution in [3.05, 3.63) is 0 Å². The summed E-state index contributed by atoms with van der Waals surface area (Å²) >= 11 is 0. The van der Waals surface area contributed by atoms with Gasteiger partial charge in [0, 0.05) is 12.8 Å². The molecule has 0 N–H and O–H groups in total. The highest BCUT2D eigenvalue weighted by molar-refractivity contribution is 5.70. The van der Waals surface area contributed by atoms with Crippen molar-refractivity contribution in [2.24, 2.45) is 0 Å². The van der Waals surface area contributed by atoms with E-state index in [-0.39, 0.29) is 18.0 Å². The molecule has 0 atom stereocenters. The fraction of sp³-hybridized carbons (Fsp3) is 0.889. The number of rotatable bonds is 10. The van der Waals surface area contributed by atoms with Crippen LogP contribution in [0.25, 0.3) is 0 Å². The molecule has 22 heavy (non-hydrogen) atoms. The van der Waals surface area contributed by atoms with Crippen molar-refractivity contribution in [1.82, 2.24) is 0 Å². The van der Waals surface area contributed by atoms with Gasteiger partial charge in [-0.2, -0.15) is 0 Å². The van der Waals surface area contributed by atoms with Gasteiger partial charge in [-0.3, -0.25) is 9.59 Å². The van der Waals surface area contributed by atoms with Crippen molar-refractivity contribution in [2.45, 2.75) is 96.5 Å². The maximum absolute atomic E-state index is 11.8. The molecular weight excluding hydrogens is 280 g/mol. The van der Waals surface area contributed by atoms with Crippen molar-refractivity contribution in [2.75, 3.05) is 6.61 Å². The summed E-state index contributed by atoms with van der Waals surface area (Å²) in [6, 6.07) is 0. The number of esters is 2. The molecule has 0 amide bonds. The van der Waals surface area contributed by atoms with Gasteiger partial charge in [-0.25, -0.2) is 0 Å². The highest BCUT2D eigenvalue weighted by atomic mass is 16.5. The Morgan fingerprint density at radius 1 is 0.864 bits per heavy atom. The van der Waals surface area contributed by atoms with Crippen molar-refractivity contribution >= 4 is 11.9 Å². The number of unbranched alkanes of at least 4 members (excludes halogenated alkanes) is 3. The number of hydrogen-bond acceptors (Lipinski definition) is 4. The summed E-state index contributed by atoms with van der Waals surface area (Å²) in [4.78, 5) is 23.2. The first-order valence-electron chi connectivity index (χ1n) is 9.07. The van der Waals surface area contributed by atoms with Crippen LogP contribution in [0.4, 0.5) is 0 Å². The molecule has 0 heterocycles. The van der Waals surface area contributed by atoms with E-state index in [1.54, 1.807) is 0 Å². The molecule has 1 aliphatic carbocycles. The third-order valence-electron chi connectivity index (χ3n) is 4.12. The number of hydrogen-bond donors (Lipinski definition) is 0. The molecule has 1 rings (SSSR count). The lowest BCUT2D eigenvalue weighted by atomic mass is 10.1. The maximum atomic E-state index is 11.8. The van der Waals surface area contributed by atoms with Gasteiger partial charge >= 0.3 is 11.9 Å². The van der Waals surface area contributed by atoms with Crippen LogP contribution in [0.2, 0.25) is 0 Å². The second-order valence-electron chi connectivity index (χ2n) is 6.24. The Balaban J connectivity index is 1.98. The van der Waals surface area contributed by atoms with Crippen LogP contribution >= 0.6 is 0 Å². The summed E-state index contributed by atoms with van der Waals surface area (Å²) < 4.78 is 10.6. The van der Waals surface area contributed by atoms with E-state index >= 15 is 0 Å². The van der Waals surface area contributed by atoms with Crippen LogP contribution < -0.4 is 0 Å². The Morgan fingerprint density at radius 2 is 1.50 bits per heavy atom. The monoisotopic (exact) mass is 312 g/mol. The van der Waals surface area contributed by atoms with Crippen LogP contribution in [0.3, 0.4) is 0 Å². The summed E-state index contributed by atoms with van der Waals surface area (Å²) in [5.74, 6) is -0.253. The highest BCUT2D eigenvalue weighted by Crippen LogP contribution is 2.20. The fourth-order valence-corrected chi connectivity index (χ4v) is 2.75. The van der Waals surface area contributed by atoms with Crippen LogP contribution in [0, 0.1) is 0 Å².